The maximum Gasteiger partial charge on any atom is 0.329 e. The zero-order valence-corrected chi connectivity index (χ0v) is 18.1. The van der Waals surface area contributed by atoms with Gasteiger partial charge in [-0.25, -0.2) is 4.79 Å². The van der Waals surface area contributed by atoms with Gasteiger partial charge in [0.1, 0.15) is 18.8 Å². The Morgan fingerprint density at radius 2 is 2.03 bits per heavy atom. The van der Waals surface area contributed by atoms with Gasteiger partial charge in [0, 0.05) is 24.6 Å². The SMILES string of the molecule is COc1cccc(N2C(=O)Nc3ccccc3C2(O)C(=O)NCCC[NH+]2CCOCC2)c1. The van der Waals surface area contributed by atoms with Gasteiger partial charge in [0.25, 0.3) is 11.6 Å². The van der Waals surface area contributed by atoms with E-state index in [1.54, 1.807) is 48.5 Å². The number of morpholine rings is 1. The molecule has 1 fully saturated rings. The second-order valence-corrected chi connectivity index (χ2v) is 7.91. The second kappa shape index (κ2) is 9.56. The van der Waals surface area contributed by atoms with E-state index >= 15 is 0 Å². The van der Waals surface area contributed by atoms with Crippen LogP contribution in [-0.4, -0.2) is 63.5 Å². The first-order valence-corrected chi connectivity index (χ1v) is 10.8. The molecule has 1 saturated heterocycles. The molecule has 1 unspecified atom stereocenters. The van der Waals surface area contributed by atoms with Crippen LogP contribution in [0.3, 0.4) is 0 Å². The molecule has 9 nitrogen and oxygen atoms in total. The molecule has 2 heterocycles. The molecule has 0 saturated carbocycles. The number of carbonyl (C=O) groups is 2. The number of benzene rings is 2. The number of urea groups is 1. The summed E-state index contributed by atoms with van der Waals surface area (Å²) >= 11 is 0. The third-order valence-corrected chi connectivity index (χ3v) is 5.89. The van der Waals surface area contributed by atoms with E-state index in [1.807, 2.05) is 0 Å². The van der Waals surface area contributed by atoms with Gasteiger partial charge in [-0.05, 0) is 18.2 Å². The Bertz CT molecular complexity index is 978. The van der Waals surface area contributed by atoms with Crippen LogP contribution in [0.5, 0.6) is 5.75 Å². The second-order valence-electron chi connectivity index (χ2n) is 7.91. The normalized spacial score (nSPS) is 20.9. The molecule has 2 aromatic rings. The molecule has 3 amide bonds. The molecule has 0 aromatic heterocycles. The first kappa shape index (κ1) is 22.1. The van der Waals surface area contributed by atoms with E-state index < -0.39 is 17.7 Å². The molecule has 0 spiro atoms. The molecule has 32 heavy (non-hydrogen) atoms. The largest absolute Gasteiger partial charge is 0.497 e. The summed E-state index contributed by atoms with van der Waals surface area (Å²) in [6, 6.07) is 12.8. The van der Waals surface area contributed by atoms with E-state index in [0.29, 0.717) is 29.2 Å². The first-order chi connectivity index (χ1) is 15.5. The van der Waals surface area contributed by atoms with Crippen molar-refractivity contribution in [3.05, 3.63) is 54.1 Å². The first-order valence-electron chi connectivity index (χ1n) is 10.8. The number of anilines is 2. The van der Waals surface area contributed by atoms with Crippen LogP contribution in [0.4, 0.5) is 16.2 Å². The predicted molar refractivity (Wildman–Crippen MR) is 119 cm³/mol. The quantitative estimate of drug-likeness (QED) is 0.463. The van der Waals surface area contributed by atoms with Crippen LogP contribution in [0.25, 0.3) is 0 Å². The number of nitrogens with one attached hydrogen (secondary N) is 3. The third kappa shape index (κ3) is 4.27. The van der Waals surface area contributed by atoms with Gasteiger partial charge < -0.3 is 30.1 Å². The highest BCUT2D eigenvalue weighted by atomic mass is 16.5. The molecule has 4 rings (SSSR count). The topological polar surface area (TPSA) is 105 Å². The van der Waals surface area contributed by atoms with Gasteiger partial charge in [0.2, 0.25) is 0 Å². The molecular formula is C23H29N4O5+. The Morgan fingerprint density at radius 3 is 2.81 bits per heavy atom. The van der Waals surface area contributed by atoms with Crippen LogP contribution in [0.1, 0.15) is 12.0 Å². The van der Waals surface area contributed by atoms with Crippen LogP contribution in [0.2, 0.25) is 0 Å². The van der Waals surface area contributed by atoms with Crippen molar-refractivity contribution in [3.8, 4) is 5.75 Å². The highest BCUT2D eigenvalue weighted by Gasteiger charge is 2.51. The lowest BCUT2D eigenvalue weighted by Crippen LogP contribution is -3.14. The van der Waals surface area contributed by atoms with Crippen molar-refractivity contribution in [2.75, 3.05) is 56.7 Å². The summed E-state index contributed by atoms with van der Waals surface area (Å²) in [6.07, 6.45) is 0.754. The van der Waals surface area contributed by atoms with Crippen LogP contribution in [0.15, 0.2) is 48.5 Å². The van der Waals surface area contributed by atoms with Crippen molar-refractivity contribution in [2.45, 2.75) is 12.1 Å². The fourth-order valence-corrected chi connectivity index (χ4v) is 4.19. The van der Waals surface area contributed by atoms with E-state index in [-0.39, 0.29) is 0 Å². The molecule has 170 valence electrons. The standard InChI is InChI=1S/C23H28N4O5/c1-31-18-7-4-6-17(16-18)27-22(29)25-20-9-3-2-8-19(20)23(27,30)21(28)24-10-5-11-26-12-14-32-15-13-26/h2-4,6-9,16,30H,5,10-15H2,1H3,(H,24,28)(H,25,29)/p+1. The van der Waals surface area contributed by atoms with Gasteiger partial charge in [-0.1, -0.05) is 24.3 Å². The van der Waals surface area contributed by atoms with Crippen LogP contribution in [0, 0.1) is 0 Å². The van der Waals surface area contributed by atoms with Crippen molar-refractivity contribution < 1.29 is 29.1 Å². The molecule has 2 aromatic carbocycles. The molecule has 0 radical (unpaired) electrons. The van der Waals surface area contributed by atoms with Crippen LogP contribution >= 0.6 is 0 Å². The number of nitrogens with zero attached hydrogens (tertiary/aromatic N) is 1. The van der Waals surface area contributed by atoms with Crippen LogP contribution < -0.4 is 25.2 Å². The van der Waals surface area contributed by atoms with Gasteiger partial charge in [-0.3, -0.25) is 9.69 Å². The summed E-state index contributed by atoms with van der Waals surface area (Å²) < 4.78 is 10.6. The van der Waals surface area contributed by atoms with Crippen molar-refractivity contribution in [2.24, 2.45) is 0 Å². The monoisotopic (exact) mass is 441 g/mol. The maximum atomic E-state index is 13.4. The molecule has 2 aliphatic rings. The summed E-state index contributed by atoms with van der Waals surface area (Å²) in [5, 5.41) is 17.4. The average molecular weight is 442 g/mol. The number of amides is 3. The summed E-state index contributed by atoms with van der Waals surface area (Å²) in [4.78, 5) is 28.9. The lowest BCUT2D eigenvalue weighted by atomic mass is 9.94. The Balaban J connectivity index is 1.58. The predicted octanol–water partition coefficient (Wildman–Crippen LogP) is 0.314. The minimum Gasteiger partial charge on any atom is -0.497 e. The van der Waals surface area contributed by atoms with Gasteiger partial charge in [-0.15, -0.1) is 0 Å². The molecule has 1 atom stereocenters. The van der Waals surface area contributed by atoms with Gasteiger partial charge in [-0.2, -0.15) is 0 Å². The third-order valence-electron chi connectivity index (χ3n) is 5.89. The minimum atomic E-state index is -2.21. The Labute approximate surface area is 186 Å². The summed E-state index contributed by atoms with van der Waals surface area (Å²) in [6.45, 7) is 4.70. The number of rotatable bonds is 7. The number of carbonyl (C=O) groups excluding carboxylic acids is 2. The Kier molecular flexibility index (Phi) is 6.59. The molecule has 9 heteroatoms. The number of hydrogen-bond donors (Lipinski definition) is 4. The number of quaternary nitrogens is 1. The van der Waals surface area contributed by atoms with E-state index in [9.17, 15) is 14.7 Å². The molecule has 2 aliphatic heterocycles. The number of ether oxygens (including phenoxy) is 2. The fourth-order valence-electron chi connectivity index (χ4n) is 4.19. The highest BCUT2D eigenvalue weighted by molar-refractivity contribution is 6.11. The number of methoxy groups -OCH3 is 1. The van der Waals surface area contributed by atoms with Gasteiger partial charge >= 0.3 is 6.03 Å². The van der Waals surface area contributed by atoms with Crippen molar-refractivity contribution in [1.82, 2.24) is 5.32 Å². The molecular weight excluding hydrogens is 412 g/mol. The van der Waals surface area contributed by atoms with E-state index in [2.05, 4.69) is 10.6 Å². The Hall–Kier alpha value is -3.14. The maximum absolute atomic E-state index is 13.4. The van der Waals surface area contributed by atoms with Crippen molar-refractivity contribution >= 4 is 23.3 Å². The average Bonchev–Trinajstić information content (AvgIpc) is 2.82. The molecule has 4 N–H and O–H groups in total. The van der Waals surface area contributed by atoms with Crippen molar-refractivity contribution in [1.29, 1.82) is 0 Å². The molecule has 0 bridgehead atoms. The zero-order chi connectivity index (χ0) is 22.6. The molecule has 0 aliphatic carbocycles. The lowest BCUT2D eigenvalue weighted by molar-refractivity contribution is -0.908. The summed E-state index contributed by atoms with van der Waals surface area (Å²) in [7, 11) is 1.51. The Morgan fingerprint density at radius 1 is 1.25 bits per heavy atom. The lowest BCUT2D eigenvalue weighted by Gasteiger charge is -2.42. The highest BCUT2D eigenvalue weighted by Crippen LogP contribution is 2.40. The fraction of sp³-hybridized carbons (Fsp3) is 0.391. The van der Waals surface area contributed by atoms with E-state index in [0.717, 1.165) is 44.2 Å². The summed E-state index contributed by atoms with van der Waals surface area (Å²) in [5.74, 6) is -0.148. The van der Waals surface area contributed by atoms with Gasteiger partial charge in [0.15, 0.2) is 0 Å². The van der Waals surface area contributed by atoms with E-state index in [1.165, 1.54) is 12.0 Å². The van der Waals surface area contributed by atoms with Crippen molar-refractivity contribution in [3.63, 3.8) is 0 Å². The van der Waals surface area contributed by atoms with Crippen LogP contribution in [-0.2, 0) is 15.3 Å². The zero-order valence-electron chi connectivity index (χ0n) is 18.1. The summed E-state index contributed by atoms with van der Waals surface area (Å²) in [5.41, 5.74) is -1.17. The van der Waals surface area contributed by atoms with Gasteiger partial charge in [0.05, 0.1) is 38.2 Å². The number of fused-ring (bicyclic) bond motifs is 1. The number of para-hydroxylation sites is 1. The van der Waals surface area contributed by atoms with E-state index in [4.69, 9.17) is 9.47 Å². The smallest absolute Gasteiger partial charge is 0.329 e. The minimum absolute atomic E-state index is 0.304. The number of hydrogen-bond acceptors (Lipinski definition) is 5. The number of aliphatic hydroxyl groups is 1.